The van der Waals surface area contributed by atoms with E-state index in [1.54, 1.807) is 7.11 Å². The quantitative estimate of drug-likeness (QED) is 0.108. The van der Waals surface area contributed by atoms with E-state index in [4.69, 9.17) is 14.2 Å². The molecule has 0 aliphatic rings. The molecule has 41 heavy (non-hydrogen) atoms. The highest BCUT2D eigenvalue weighted by Crippen LogP contribution is 2.51. The molecule has 1 N–H and O–H groups in total. The van der Waals surface area contributed by atoms with Crippen LogP contribution in [0.15, 0.2) is 59.6 Å². The normalized spacial score (nSPS) is 15.8. The number of hydrogen-bond acceptors (Lipinski definition) is 4. The number of aliphatic imine (C=N–C) groups is 1. The van der Waals surface area contributed by atoms with Crippen LogP contribution in [0.3, 0.4) is 0 Å². The maximum Gasteiger partial charge on any atom is 0.192 e. The number of methoxy groups -OCH3 is 1. The lowest BCUT2D eigenvalue weighted by Crippen LogP contribution is -2.48. The van der Waals surface area contributed by atoms with Crippen LogP contribution in [-0.4, -0.2) is 38.9 Å². The fraction of sp³-hybridized carbons (Fsp3) is 0.639. The first-order valence-electron chi connectivity index (χ1n) is 16.0. The Bertz CT molecular complexity index is 1030. The average molecular weight is 582 g/mol. The number of benzene rings is 2. The Morgan fingerprint density at radius 2 is 1.49 bits per heavy atom. The van der Waals surface area contributed by atoms with Crippen molar-refractivity contribution in [1.82, 2.24) is 0 Å². The van der Waals surface area contributed by atoms with Crippen LogP contribution < -0.4 is 4.74 Å². The van der Waals surface area contributed by atoms with E-state index in [-0.39, 0.29) is 29.2 Å². The Morgan fingerprint density at radius 3 is 2.02 bits per heavy atom. The summed E-state index contributed by atoms with van der Waals surface area (Å²) in [6, 6.07) is 18.8. The number of rotatable bonds is 18. The highest BCUT2D eigenvalue weighted by molar-refractivity contribution is 6.74. The van der Waals surface area contributed by atoms with Crippen LogP contribution in [-0.2, 0) is 10.8 Å². The van der Waals surface area contributed by atoms with Crippen molar-refractivity contribution in [3.63, 3.8) is 0 Å². The molecule has 0 amide bonds. The third-order valence-electron chi connectivity index (χ3n) is 9.21. The number of aliphatic hydroxyl groups is 1. The molecule has 0 aliphatic carbocycles. The van der Waals surface area contributed by atoms with Gasteiger partial charge in [-0.25, -0.2) is 0 Å². The van der Waals surface area contributed by atoms with Gasteiger partial charge in [-0.3, -0.25) is 4.99 Å². The molecule has 0 unspecified atom stereocenters. The summed E-state index contributed by atoms with van der Waals surface area (Å²) in [5.41, 5.74) is 3.25. The van der Waals surface area contributed by atoms with E-state index in [1.807, 2.05) is 6.07 Å². The van der Waals surface area contributed by atoms with Gasteiger partial charge in [0.15, 0.2) is 8.32 Å². The SMILES string of the molecule is CCCCCC[C@@](CCCC)(C(C)=N[C@H](CO)Cc1ccccc1)[C@@H](O[Si](C)(C)C(C)(C)C)c1ccc(OC)cc1. The van der Waals surface area contributed by atoms with Gasteiger partial charge in [0.25, 0.3) is 0 Å². The Labute approximate surface area is 253 Å². The fourth-order valence-electron chi connectivity index (χ4n) is 5.49. The summed E-state index contributed by atoms with van der Waals surface area (Å²) in [6.45, 7) is 18.5. The molecule has 0 fully saturated rings. The topological polar surface area (TPSA) is 51.1 Å². The molecule has 2 aromatic rings. The smallest absolute Gasteiger partial charge is 0.192 e. The van der Waals surface area contributed by atoms with Gasteiger partial charge in [0, 0.05) is 11.1 Å². The predicted octanol–water partition coefficient (Wildman–Crippen LogP) is 9.97. The second-order valence-corrected chi connectivity index (χ2v) is 18.1. The summed E-state index contributed by atoms with van der Waals surface area (Å²) in [4.78, 5) is 5.36. The van der Waals surface area contributed by atoms with Crippen LogP contribution in [0, 0.1) is 5.41 Å². The zero-order chi connectivity index (χ0) is 30.5. The molecule has 230 valence electrons. The van der Waals surface area contributed by atoms with E-state index >= 15 is 0 Å². The first kappa shape index (κ1) is 35.2. The molecule has 2 aromatic carbocycles. The highest BCUT2D eigenvalue weighted by Gasteiger charge is 2.48. The zero-order valence-electron chi connectivity index (χ0n) is 27.6. The Morgan fingerprint density at radius 1 is 0.878 bits per heavy atom. The number of ether oxygens (including phenoxy) is 1. The maximum atomic E-state index is 10.5. The van der Waals surface area contributed by atoms with Crippen LogP contribution in [0.5, 0.6) is 5.75 Å². The van der Waals surface area contributed by atoms with Crippen molar-refractivity contribution in [2.24, 2.45) is 10.4 Å². The lowest BCUT2D eigenvalue weighted by molar-refractivity contribution is 0.0637. The van der Waals surface area contributed by atoms with Gasteiger partial charge in [-0.2, -0.15) is 0 Å². The first-order valence-corrected chi connectivity index (χ1v) is 18.9. The highest BCUT2D eigenvalue weighted by atomic mass is 28.4. The van der Waals surface area contributed by atoms with Gasteiger partial charge in [-0.05, 0) is 67.6 Å². The molecular formula is C36H59NO3Si. The molecule has 0 aromatic heterocycles. The molecule has 0 spiro atoms. The van der Waals surface area contributed by atoms with Gasteiger partial charge in [-0.1, -0.05) is 116 Å². The van der Waals surface area contributed by atoms with E-state index in [1.165, 1.54) is 30.4 Å². The van der Waals surface area contributed by atoms with Gasteiger partial charge >= 0.3 is 0 Å². The third-order valence-corrected chi connectivity index (χ3v) is 13.7. The molecule has 0 heterocycles. The van der Waals surface area contributed by atoms with Gasteiger partial charge in [0.05, 0.1) is 25.9 Å². The van der Waals surface area contributed by atoms with Gasteiger partial charge < -0.3 is 14.3 Å². The van der Waals surface area contributed by atoms with Gasteiger partial charge in [0.1, 0.15) is 5.75 Å². The summed E-state index contributed by atoms with van der Waals surface area (Å²) in [6.07, 6.45) is 9.67. The third kappa shape index (κ3) is 10.1. The maximum absolute atomic E-state index is 10.5. The molecule has 4 nitrogen and oxygen atoms in total. The molecule has 0 radical (unpaired) electrons. The molecule has 0 saturated heterocycles. The van der Waals surface area contributed by atoms with Crippen LogP contribution in [0.2, 0.25) is 18.1 Å². The number of unbranched alkanes of at least 4 members (excludes halogenated alkanes) is 4. The number of hydrogen-bond donors (Lipinski definition) is 1. The summed E-state index contributed by atoms with van der Waals surface area (Å²) >= 11 is 0. The molecule has 0 saturated carbocycles. The van der Waals surface area contributed by atoms with Crippen LogP contribution >= 0.6 is 0 Å². The van der Waals surface area contributed by atoms with E-state index in [2.05, 4.69) is 103 Å². The molecule has 0 aliphatic heterocycles. The zero-order valence-corrected chi connectivity index (χ0v) is 28.6. The van der Waals surface area contributed by atoms with Crippen LogP contribution in [0.4, 0.5) is 0 Å². The summed E-state index contributed by atoms with van der Waals surface area (Å²) < 4.78 is 13.0. The largest absolute Gasteiger partial charge is 0.497 e. The summed E-state index contributed by atoms with van der Waals surface area (Å²) in [5, 5.41) is 10.6. The minimum Gasteiger partial charge on any atom is -0.497 e. The van der Waals surface area contributed by atoms with Crippen molar-refractivity contribution >= 4 is 14.0 Å². The van der Waals surface area contributed by atoms with Gasteiger partial charge in [0.2, 0.25) is 0 Å². The first-order chi connectivity index (χ1) is 19.4. The Balaban J connectivity index is 2.74. The van der Waals surface area contributed by atoms with Crippen molar-refractivity contribution in [3.05, 3.63) is 65.7 Å². The second kappa shape index (κ2) is 16.6. The van der Waals surface area contributed by atoms with E-state index in [0.29, 0.717) is 0 Å². The van der Waals surface area contributed by atoms with Crippen molar-refractivity contribution in [2.45, 2.75) is 130 Å². The summed E-state index contributed by atoms with van der Waals surface area (Å²) in [5.74, 6) is 0.857. The van der Waals surface area contributed by atoms with E-state index in [0.717, 1.165) is 50.0 Å². The van der Waals surface area contributed by atoms with Crippen molar-refractivity contribution in [3.8, 4) is 5.75 Å². The van der Waals surface area contributed by atoms with Crippen molar-refractivity contribution < 1.29 is 14.3 Å². The molecule has 5 heteroatoms. The predicted molar refractivity (Wildman–Crippen MR) is 179 cm³/mol. The molecule has 0 bridgehead atoms. The minimum atomic E-state index is -2.17. The Kier molecular flexibility index (Phi) is 14.3. The van der Waals surface area contributed by atoms with Crippen LogP contribution in [0.1, 0.15) is 110 Å². The molecule has 2 rings (SSSR count). The fourth-order valence-corrected chi connectivity index (χ4v) is 6.79. The number of nitrogens with zero attached hydrogens (tertiary/aromatic N) is 1. The van der Waals surface area contributed by atoms with Crippen molar-refractivity contribution in [2.75, 3.05) is 13.7 Å². The summed E-state index contributed by atoms with van der Waals surface area (Å²) in [7, 11) is -0.448. The standard InChI is InChI=1S/C36H59NO3Si/c1-10-12-14-18-26-36(25-13-11-2,29(3)37-32(28-38)27-30-19-16-15-17-20-30)34(40-41(8,9)35(4,5)6)31-21-23-33(39-7)24-22-31/h15-17,19-24,32,34,38H,10-14,18,25-28H2,1-9H3/t32-,34-,36-/m0/s1. The Hall–Kier alpha value is -1.95. The van der Waals surface area contributed by atoms with Gasteiger partial charge in [-0.15, -0.1) is 0 Å². The molecular weight excluding hydrogens is 522 g/mol. The minimum absolute atomic E-state index is 0.0300. The monoisotopic (exact) mass is 581 g/mol. The van der Waals surface area contributed by atoms with E-state index < -0.39 is 8.32 Å². The lowest BCUT2D eigenvalue weighted by Gasteiger charge is -2.48. The second-order valence-electron chi connectivity index (χ2n) is 13.3. The molecule has 3 atom stereocenters. The average Bonchev–Trinajstić information content (AvgIpc) is 2.95. The lowest BCUT2D eigenvalue weighted by atomic mass is 9.68. The van der Waals surface area contributed by atoms with E-state index in [9.17, 15) is 5.11 Å². The number of aliphatic hydroxyl groups excluding tert-OH is 1. The van der Waals surface area contributed by atoms with Crippen molar-refractivity contribution in [1.29, 1.82) is 0 Å². The van der Waals surface area contributed by atoms with Crippen LogP contribution in [0.25, 0.3) is 0 Å².